The van der Waals surface area contributed by atoms with Crippen molar-refractivity contribution in [3.05, 3.63) is 23.8 Å². The maximum atomic E-state index is 5.62. The molecule has 20 heavy (non-hydrogen) atoms. The van der Waals surface area contributed by atoms with E-state index in [-0.39, 0.29) is 0 Å². The highest BCUT2D eigenvalue weighted by Crippen LogP contribution is 2.31. The Hall–Kier alpha value is -1.22. The molecule has 0 saturated heterocycles. The van der Waals surface area contributed by atoms with E-state index >= 15 is 0 Å². The maximum Gasteiger partial charge on any atom is 0.161 e. The van der Waals surface area contributed by atoms with Gasteiger partial charge >= 0.3 is 0 Å². The molecule has 1 fully saturated rings. The van der Waals surface area contributed by atoms with Gasteiger partial charge in [0.25, 0.3) is 0 Å². The third-order valence-corrected chi connectivity index (χ3v) is 4.63. The van der Waals surface area contributed by atoms with Gasteiger partial charge in [-0.1, -0.05) is 32.3 Å². The molecule has 1 aromatic carbocycles. The van der Waals surface area contributed by atoms with E-state index in [4.69, 9.17) is 9.47 Å². The second kappa shape index (κ2) is 6.49. The van der Waals surface area contributed by atoms with Crippen molar-refractivity contribution in [1.82, 2.24) is 5.32 Å². The average Bonchev–Trinajstić information content (AvgIpc) is 2.49. The van der Waals surface area contributed by atoms with Crippen LogP contribution in [0.25, 0.3) is 0 Å². The lowest BCUT2D eigenvalue weighted by molar-refractivity contribution is 0.171. The predicted octanol–water partition coefficient (Wildman–Crippen LogP) is 3.37. The van der Waals surface area contributed by atoms with E-state index in [0.29, 0.717) is 13.2 Å². The Kier molecular flexibility index (Phi) is 4.46. The number of hydrogen-bond donors (Lipinski definition) is 1. The van der Waals surface area contributed by atoms with E-state index in [9.17, 15) is 0 Å². The maximum absolute atomic E-state index is 5.62. The number of ether oxygens (including phenoxy) is 2. The molecule has 0 amide bonds. The highest BCUT2D eigenvalue weighted by molar-refractivity contribution is 5.43. The van der Waals surface area contributed by atoms with Crippen molar-refractivity contribution in [2.24, 2.45) is 11.8 Å². The van der Waals surface area contributed by atoms with Crippen LogP contribution in [0.2, 0.25) is 0 Å². The molecular weight excluding hydrogens is 250 g/mol. The van der Waals surface area contributed by atoms with Crippen molar-refractivity contribution in [2.75, 3.05) is 19.8 Å². The highest BCUT2D eigenvalue weighted by atomic mass is 16.6. The topological polar surface area (TPSA) is 30.5 Å². The zero-order chi connectivity index (χ0) is 13.8. The normalized spacial score (nSPS) is 25.4. The van der Waals surface area contributed by atoms with Crippen LogP contribution in [0, 0.1) is 11.8 Å². The summed E-state index contributed by atoms with van der Waals surface area (Å²) < 4.78 is 11.2. The molecule has 1 aromatic rings. The Bertz CT molecular complexity index is 447. The SMILES string of the molecule is CC1CCCCC1CNCc1ccc2c(c1)OCCO2. The monoisotopic (exact) mass is 275 g/mol. The van der Waals surface area contributed by atoms with E-state index in [0.717, 1.165) is 36.4 Å². The summed E-state index contributed by atoms with van der Waals surface area (Å²) in [6.45, 7) is 5.76. The molecule has 0 spiro atoms. The van der Waals surface area contributed by atoms with E-state index in [1.807, 2.05) is 6.07 Å². The molecule has 0 radical (unpaired) electrons. The van der Waals surface area contributed by atoms with Crippen LogP contribution in [0.4, 0.5) is 0 Å². The van der Waals surface area contributed by atoms with E-state index < -0.39 is 0 Å². The van der Waals surface area contributed by atoms with Crippen LogP contribution in [0.3, 0.4) is 0 Å². The minimum absolute atomic E-state index is 0.656. The molecule has 3 rings (SSSR count). The summed E-state index contributed by atoms with van der Waals surface area (Å²) in [5, 5.41) is 3.61. The van der Waals surface area contributed by atoms with Gasteiger partial charge in [0.2, 0.25) is 0 Å². The molecule has 1 aliphatic heterocycles. The number of fused-ring (bicyclic) bond motifs is 1. The summed E-state index contributed by atoms with van der Waals surface area (Å²) in [5.74, 6) is 3.49. The summed E-state index contributed by atoms with van der Waals surface area (Å²) >= 11 is 0. The molecule has 0 bridgehead atoms. The molecule has 3 heteroatoms. The average molecular weight is 275 g/mol. The fourth-order valence-corrected chi connectivity index (χ4v) is 3.30. The Morgan fingerprint density at radius 2 is 1.90 bits per heavy atom. The van der Waals surface area contributed by atoms with Crippen LogP contribution >= 0.6 is 0 Å². The van der Waals surface area contributed by atoms with Gasteiger partial charge in [-0.05, 0) is 42.5 Å². The minimum Gasteiger partial charge on any atom is -0.486 e. The summed E-state index contributed by atoms with van der Waals surface area (Å²) in [7, 11) is 0. The predicted molar refractivity (Wildman–Crippen MR) is 80.3 cm³/mol. The van der Waals surface area contributed by atoms with Crippen LogP contribution in [0.5, 0.6) is 11.5 Å². The van der Waals surface area contributed by atoms with Gasteiger partial charge in [-0.2, -0.15) is 0 Å². The fraction of sp³-hybridized carbons (Fsp3) is 0.647. The fourth-order valence-electron chi connectivity index (χ4n) is 3.30. The first-order valence-electron chi connectivity index (χ1n) is 7.92. The first-order valence-corrected chi connectivity index (χ1v) is 7.92. The Balaban J connectivity index is 1.50. The number of hydrogen-bond acceptors (Lipinski definition) is 3. The van der Waals surface area contributed by atoms with Gasteiger partial charge in [-0.15, -0.1) is 0 Å². The lowest BCUT2D eigenvalue weighted by atomic mass is 9.80. The van der Waals surface area contributed by atoms with Gasteiger partial charge in [0.05, 0.1) is 0 Å². The zero-order valence-electron chi connectivity index (χ0n) is 12.4. The van der Waals surface area contributed by atoms with Gasteiger partial charge in [0.1, 0.15) is 13.2 Å². The summed E-state index contributed by atoms with van der Waals surface area (Å²) in [6, 6.07) is 6.26. The second-order valence-corrected chi connectivity index (χ2v) is 6.13. The van der Waals surface area contributed by atoms with Crippen molar-refractivity contribution in [2.45, 2.75) is 39.2 Å². The van der Waals surface area contributed by atoms with Crippen molar-refractivity contribution >= 4 is 0 Å². The van der Waals surface area contributed by atoms with Crippen molar-refractivity contribution in [3.8, 4) is 11.5 Å². The van der Waals surface area contributed by atoms with Gasteiger partial charge in [-0.3, -0.25) is 0 Å². The quantitative estimate of drug-likeness (QED) is 0.914. The molecule has 2 atom stereocenters. The van der Waals surface area contributed by atoms with Gasteiger partial charge in [-0.25, -0.2) is 0 Å². The minimum atomic E-state index is 0.656. The van der Waals surface area contributed by atoms with E-state index in [1.54, 1.807) is 0 Å². The number of nitrogens with one attached hydrogen (secondary N) is 1. The summed E-state index contributed by atoms with van der Waals surface area (Å²) in [4.78, 5) is 0. The first kappa shape index (κ1) is 13.7. The van der Waals surface area contributed by atoms with Crippen LogP contribution in [-0.4, -0.2) is 19.8 Å². The Labute approximate surface area is 121 Å². The Morgan fingerprint density at radius 3 is 2.75 bits per heavy atom. The molecule has 2 unspecified atom stereocenters. The summed E-state index contributed by atoms with van der Waals surface area (Å²) in [6.07, 6.45) is 5.60. The third kappa shape index (κ3) is 3.26. The molecular formula is C17H25NO2. The van der Waals surface area contributed by atoms with Crippen LogP contribution < -0.4 is 14.8 Å². The van der Waals surface area contributed by atoms with Gasteiger partial charge < -0.3 is 14.8 Å². The van der Waals surface area contributed by atoms with Gasteiger partial charge in [0, 0.05) is 6.54 Å². The molecule has 1 saturated carbocycles. The highest BCUT2D eigenvalue weighted by Gasteiger charge is 2.20. The molecule has 110 valence electrons. The lowest BCUT2D eigenvalue weighted by Crippen LogP contribution is -2.29. The first-order chi connectivity index (χ1) is 9.83. The molecule has 1 N–H and O–H groups in total. The van der Waals surface area contributed by atoms with Crippen LogP contribution in [0.1, 0.15) is 38.2 Å². The van der Waals surface area contributed by atoms with E-state index in [1.165, 1.54) is 31.2 Å². The zero-order valence-corrected chi connectivity index (χ0v) is 12.4. The van der Waals surface area contributed by atoms with Crippen molar-refractivity contribution < 1.29 is 9.47 Å². The standard InChI is InChI=1S/C17H25NO2/c1-13-4-2-3-5-15(13)12-18-11-14-6-7-16-17(10-14)20-9-8-19-16/h6-7,10,13,15,18H,2-5,8-9,11-12H2,1H3. The van der Waals surface area contributed by atoms with Crippen LogP contribution in [0.15, 0.2) is 18.2 Å². The van der Waals surface area contributed by atoms with Crippen LogP contribution in [-0.2, 0) is 6.54 Å². The summed E-state index contributed by atoms with van der Waals surface area (Å²) in [5.41, 5.74) is 1.28. The number of benzene rings is 1. The molecule has 1 aliphatic carbocycles. The largest absolute Gasteiger partial charge is 0.486 e. The van der Waals surface area contributed by atoms with Crippen molar-refractivity contribution in [1.29, 1.82) is 0 Å². The second-order valence-electron chi connectivity index (χ2n) is 6.13. The molecule has 2 aliphatic rings. The third-order valence-electron chi connectivity index (χ3n) is 4.63. The van der Waals surface area contributed by atoms with Crippen molar-refractivity contribution in [3.63, 3.8) is 0 Å². The molecule has 1 heterocycles. The molecule has 3 nitrogen and oxygen atoms in total. The van der Waals surface area contributed by atoms with E-state index in [2.05, 4.69) is 24.4 Å². The number of rotatable bonds is 4. The van der Waals surface area contributed by atoms with Gasteiger partial charge in [0.15, 0.2) is 11.5 Å². The lowest BCUT2D eigenvalue weighted by Gasteiger charge is -2.29. The Morgan fingerprint density at radius 1 is 1.10 bits per heavy atom. The smallest absolute Gasteiger partial charge is 0.161 e. The molecule has 0 aromatic heterocycles.